The van der Waals surface area contributed by atoms with E-state index in [9.17, 15) is 9.59 Å². The van der Waals surface area contributed by atoms with E-state index in [-0.39, 0.29) is 11.7 Å². The van der Waals surface area contributed by atoms with Gasteiger partial charge in [0.25, 0.3) is 5.56 Å². The Hall–Kier alpha value is -3.45. The zero-order chi connectivity index (χ0) is 24.2. The van der Waals surface area contributed by atoms with Crippen LogP contribution in [-0.4, -0.2) is 23.8 Å². The second-order valence-corrected chi connectivity index (χ2v) is 9.11. The highest BCUT2D eigenvalue weighted by molar-refractivity contribution is 7.07. The summed E-state index contributed by atoms with van der Waals surface area (Å²) in [5, 5.41) is 0. The van der Waals surface area contributed by atoms with Crippen LogP contribution in [0.2, 0.25) is 0 Å². The Bertz CT molecular complexity index is 1390. The molecule has 2 aromatic carbocycles. The lowest BCUT2D eigenvalue weighted by Crippen LogP contribution is -2.40. The van der Waals surface area contributed by atoms with Gasteiger partial charge < -0.3 is 9.47 Å². The second-order valence-electron chi connectivity index (χ2n) is 8.10. The number of carbonyl (C=O) groups is 1. The number of allylic oxidation sites excluding steroid dienone is 1. The Balaban J connectivity index is 1.84. The molecule has 0 saturated heterocycles. The number of aromatic nitrogens is 1. The Morgan fingerprint density at radius 2 is 1.85 bits per heavy atom. The number of hydrogen-bond acceptors (Lipinski definition) is 6. The second kappa shape index (κ2) is 10.2. The summed E-state index contributed by atoms with van der Waals surface area (Å²) in [5.41, 5.74) is 2.58. The topological polar surface area (TPSA) is 69.9 Å². The maximum absolute atomic E-state index is 13.6. The molecular weight excluding hydrogens is 448 g/mol. The zero-order valence-corrected chi connectivity index (χ0v) is 20.6. The molecule has 2 heterocycles. The van der Waals surface area contributed by atoms with Crippen LogP contribution in [0.15, 0.2) is 75.7 Å². The molecule has 0 spiro atoms. The van der Waals surface area contributed by atoms with Crippen LogP contribution in [-0.2, 0) is 9.53 Å². The molecule has 1 aliphatic rings. The number of esters is 1. The zero-order valence-electron chi connectivity index (χ0n) is 19.8. The van der Waals surface area contributed by atoms with Crippen LogP contribution in [0.4, 0.5) is 0 Å². The Morgan fingerprint density at radius 3 is 2.47 bits per heavy atom. The fourth-order valence-corrected chi connectivity index (χ4v) is 4.94. The Kier molecular flexibility index (Phi) is 7.12. The van der Waals surface area contributed by atoms with Crippen molar-refractivity contribution < 1.29 is 14.3 Å². The molecular formula is C27H28N2O4S. The van der Waals surface area contributed by atoms with Gasteiger partial charge in [0.2, 0.25) is 0 Å². The van der Waals surface area contributed by atoms with Crippen molar-refractivity contribution in [3.8, 4) is 5.75 Å². The van der Waals surface area contributed by atoms with Gasteiger partial charge in [-0.3, -0.25) is 9.36 Å². The van der Waals surface area contributed by atoms with Gasteiger partial charge in [-0.25, -0.2) is 9.79 Å². The van der Waals surface area contributed by atoms with Crippen LogP contribution < -0.4 is 19.6 Å². The maximum Gasteiger partial charge on any atom is 0.338 e. The number of fused-ring (bicyclic) bond motifs is 1. The lowest BCUT2D eigenvalue weighted by molar-refractivity contribution is -0.136. The van der Waals surface area contributed by atoms with E-state index in [0.717, 1.165) is 23.3 Å². The van der Waals surface area contributed by atoms with Crippen molar-refractivity contribution in [3.05, 3.63) is 96.7 Å². The van der Waals surface area contributed by atoms with E-state index in [0.29, 0.717) is 27.0 Å². The van der Waals surface area contributed by atoms with Gasteiger partial charge in [-0.15, -0.1) is 0 Å². The quantitative estimate of drug-likeness (QED) is 0.484. The maximum atomic E-state index is 13.6. The van der Waals surface area contributed by atoms with E-state index in [1.807, 2.05) is 74.5 Å². The van der Waals surface area contributed by atoms with Gasteiger partial charge in [-0.2, -0.15) is 0 Å². The van der Waals surface area contributed by atoms with E-state index in [1.54, 1.807) is 4.57 Å². The third kappa shape index (κ3) is 4.61. The number of benzene rings is 2. The van der Waals surface area contributed by atoms with Crippen LogP contribution in [0.1, 0.15) is 50.8 Å². The number of ether oxygens (including phenoxy) is 2. The molecule has 7 heteroatoms. The molecule has 0 radical (unpaired) electrons. The van der Waals surface area contributed by atoms with Crippen molar-refractivity contribution >= 4 is 23.4 Å². The van der Waals surface area contributed by atoms with Crippen LogP contribution in [0.5, 0.6) is 5.75 Å². The molecule has 0 amide bonds. The third-order valence-corrected chi connectivity index (χ3v) is 6.84. The van der Waals surface area contributed by atoms with Crippen LogP contribution >= 0.6 is 11.3 Å². The van der Waals surface area contributed by atoms with E-state index >= 15 is 0 Å². The van der Waals surface area contributed by atoms with Gasteiger partial charge in [-0.1, -0.05) is 67.6 Å². The number of carbonyl (C=O) groups excluding carboxylic acids is 1. The number of thiazole rings is 1. The van der Waals surface area contributed by atoms with Gasteiger partial charge in [0.05, 0.1) is 35.1 Å². The predicted molar refractivity (Wildman–Crippen MR) is 134 cm³/mol. The summed E-state index contributed by atoms with van der Waals surface area (Å²) in [7, 11) is 1.35. The van der Waals surface area contributed by atoms with Gasteiger partial charge >= 0.3 is 5.97 Å². The number of rotatable bonds is 7. The number of hydrogen-bond donors (Lipinski definition) is 0. The van der Waals surface area contributed by atoms with Gasteiger partial charge in [0.1, 0.15) is 5.75 Å². The highest BCUT2D eigenvalue weighted by atomic mass is 32.1. The molecule has 0 bridgehead atoms. The lowest BCUT2D eigenvalue weighted by atomic mass is 9.95. The minimum Gasteiger partial charge on any atom is -0.491 e. The highest BCUT2D eigenvalue weighted by Crippen LogP contribution is 2.31. The van der Waals surface area contributed by atoms with Crippen LogP contribution in [0.25, 0.3) is 6.08 Å². The molecule has 4 rings (SSSR count). The van der Waals surface area contributed by atoms with Gasteiger partial charge in [0, 0.05) is 0 Å². The first-order valence-corrected chi connectivity index (χ1v) is 12.2. The Labute approximate surface area is 202 Å². The van der Waals surface area contributed by atoms with Crippen LogP contribution in [0.3, 0.4) is 0 Å². The molecule has 2 atom stereocenters. The van der Waals surface area contributed by atoms with Gasteiger partial charge in [0.15, 0.2) is 4.80 Å². The van der Waals surface area contributed by atoms with E-state index in [4.69, 9.17) is 9.47 Å². The average Bonchev–Trinajstić information content (AvgIpc) is 3.18. The minimum absolute atomic E-state index is 0.143. The molecule has 0 aliphatic carbocycles. The molecule has 0 unspecified atom stereocenters. The summed E-state index contributed by atoms with van der Waals surface area (Å²) in [5.74, 6) is 0.327. The largest absolute Gasteiger partial charge is 0.491 e. The molecule has 0 N–H and O–H groups in total. The summed E-state index contributed by atoms with van der Waals surface area (Å²) >= 11 is 1.32. The van der Waals surface area contributed by atoms with E-state index < -0.39 is 12.0 Å². The predicted octanol–water partition coefficient (Wildman–Crippen LogP) is 3.98. The number of methoxy groups -OCH3 is 1. The molecule has 0 fully saturated rings. The molecule has 6 nitrogen and oxygen atoms in total. The van der Waals surface area contributed by atoms with Crippen molar-refractivity contribution in [2.75, 3.05) is 7.11 Å². The Morgan fingerprint density at radius 1 is 1.15 bits per heavy atom. The molecule has 3 aromatic rings. The summed E-state index contributed by atoms with van der Waals surface area (Å²) in [4.78, 5) is 31.6. The van der Waals surface area contributed by atoms with Crippen molar-refractivity contribution in [3.63, 3.8) is 0 Å². The summed E-state index contributed by atoms with van der Waals surface area (Å²) in [6.07, 6.45) is 3.48. The summed E-state index contributed by atoms with van der Waals surface area (Å²) in [6, 6.07) is 16.6. The highest BCUT2D eigenvalue weighted by Gasteiger charge is 2.33. The minimum atomic E-state index is -0.590. The molecule has 34 heavy (non-hydrogen) atoms. The summed E-state index contributed by atoms with van der Waals surface area (Å²) < 4.78 is 13.1. The molecule has 1 aliphatic heterocycles. The van der Waals surface area contributed by atoms with Crippen molar-refractivity contribution in [2.45, 2.75) is 45.8 Å². The third-order valence-electron chi connectivity index (χ3n) is 5.86. The monoisotopic (exact) mass is 476 g/mol. The van der Waals surface area contributed by atoms with Crippen molar-refractivity contribution in [2.24, 2.45) is 4.99 Å². The molecule has 1 aromatic heterocycles. The fourth-order valence-electron chi connectivity index (χ4n) is 3.92. The first kappa shape index (κ1) is 23.7. The smallest absolute Gasteiger partial charge is 0.338 e. The van der Waals surface area contributed by atoms with E-state index in [1.165, 1.54) is 18.4 Å². The lowest BCUT2D eigenvalue weighted by Gasteiger charge is -2.25. The summed E-state index contributed by atoms with van der Waals surface area (Å²) in [6.45, 7) is 6.06. The number of nitrogens with zero attached hydrogens (tertiary/aromatic N) is 2. The van der Waals surface area contributed by atoms with Crippen LogP contribution in [0, 0.1) is 0 Å². The van der Waals surface area contributed by atoms with E-state index in [2.05, 4.69) is 11.9 Å². The standard InChI is InChI=1S/C27H28N2O4S/c1-5-17(3)33-20-14-12-18(13-15-20)16-22-25(30)29-24(19-10-8-7-9-11-19)23(26(31)32-4)21(6-2)28-27(29)34-22/h7-17,24H,5-6H2,1-4H3/b22-16-/t17-,24+/m1/s1. The van der Waals surface area contributed by atoms with Crippen molar-refractivity contribution in [1.82, 2.24) is 4.57 Å². The fraction of sp³-hybridized carbons (Fsp3) is 0.296. The van der Waals surface area contributed by atoms with Crippen molar-refractivity contribution in [1.29, 1.82) is 0 Å². The molecule has 0 saturated carbocycles. The molecule has 176 valence electrons. The van der Waals surface area contributed by atoms with Gasteiger partial charge in [-0.05, 0) is 49.1 Å². The SMILES string of the molecule is CCC1=C(C(=O)OC)[C@H](c2ccccc2)n2c(s/c(=C\c3ccc(O[C@H](C)CC)cc3)c2=O)=N1. The first-order valence-electron chi connectivity index (χ1n) is 11.4. The average molecular weight is 477 g/mol. The first-order chi connectivity index (χ1) is 16.5. The normalized spacial score (nSPS) is 16.6.